The van der Waals surface area contributed by atoms with Crippen LogP contribution in [0.4, 0.5) is 17.1 Å². The molecule has 2 fully saturated rings. The number of nitrogens with one attached hydrogen (secondary N) is 1. The molecule has 7 heteroatoms. The second kappa shape index (κ2) is 9.20. The molecule has 0 saturated carbocycles. The predicted octanol–water partition coefficient (Wildman–Crippen LogP) is 3.13. The molecule has 2 heterocycles. The van der Waals surface area contributed by atoms with Crippen LogP contribution in [0.5, 0.6) is 0 Å². The van der Waals surface area contributed by atoms with Crippen molar-refractivity contribution in [3.8, 4) is 0 Å². The van der Waals surface area contributed by atoms with Gasteiger partial charge in [-0.15, -0.1) is 0 Å². The minimum Gasteiger partial charge on any atom is -0.455 e. The highest BCUT2D eigenvalue weighted by Crippen LogP contribution is 2.26. The highest BCUT2D eigenvalue weighted by molar-refractivity contribution is 6.00. The molecule has 2 saturated heterocycles. The lowest BCUT2D eigenvalue weighted by Gasteiger charge is -2.18. The van der Waals surface area contributed by atoms with Crippen molar-refractivity contribution in [2.24, 2.45) is 5.92 Å². The third kappa shape index (κ3) is 5.05. The standard InChI is InChI=1S/C24H27N3O4/c1-17-4-8-21(9-5-17)27-15-18(14-23(27)29)24(30)31-16-22(28)25-19-6-10-20(11-7-19)26-12-2-3-13-26/h4-11,18H,2-3,12-16H2,1H3,(H,25,28)/t18-/m1/s1. The van der Waals surface area contributed by atoms with E-state index in [-0.39, 0.29) is 25.5 Å². The molecule has 2 aromatic carbocycles. The van der Waals surface area contributed by atoms with Gasteiger partial charge < -0.3 is 19.9 Å². The molecule has 2 amide bonds. The Labute approximate surface area is 182 Å². The number of anilines is 3. The Bertz CT molecular complexity index is 950. The normalized spacial score (nSPS) is 18.4. The SMILES string of the molecule is Cc1ccc(N2C[C@H](C(=O)OCC(=O)Nc3ccc(N4CCCC4)cc3)CC2=O)cc1. The third-order valence-corrected chi connectivity index (χ3v) is 5.77. The van der Waals surface area contributed by atoms with Gasteiger partial charge in [-0.3, -0.25) is 14.4 Å². The van der Waals surface area contributed by atoms with Gasteiger partial charge in [-0.05, 0) is 56.2 Å². The molecule has 2 aliphatic heterocycles. The second-order valence-electron chi connectivity index (χ2n) is 8.14. The molecule has 0 unspecified atom stereocenters. The summed E-state index contributed by atoms with van der Waals surface area (Å²) in [6.45, 7) is 3.99. The van der Waals surface area contributed by atoms with Crippen LogP contribution in [0.3, 0.4) is 0 Å². The van der Waals surface area contributed by atoms with Crippen LogP contribution >= 0.6 is 0 Å². The average Bonchev–Trinajstić information content (AvgIpc) is 3.43. The van der Waals surface area contributed by atoms with Crippen molar-refractivity contribution in [3.63, 3.8) is 0 Å². The maximum absolute atomic E-state index is 12.4. The fraction of sp³-hybridized carbons (Fsp3) is 0.375. The highest BCUT2D eigenvalue weighted by Gasteiger charge is 2.36. The van der Waals surface area contributed by atoms with E-state index in [1.807, 2.05) is 55.5 Å². The molecule has 1 N–H and O–H groups in total. The first kappa shape index (κ1) is 20.9. The number of carbonyl (C=O) groups is 3. The highest BCUT2D eigenvalue weighted by atomic mass is 16.5. The van der Waals surface area contributed by atoms with Crippen LogP contribution in [-0.4, -0.2) is 44.0 Å². The summed E-state index contributed by atoms with van der Waals surface area (Å²) in [5.41, 5.74) is 3.67. The number of nitrogens with zero attached hydrogens (tertiary/aromatic N) is 2. The number of benzene rings is 2. The summed E-state index contributed by atoms with van der Waals surface area (Å²) in [6, 6.07) is 15.2. The summed E-state index contributed by atoms with van der Waals surface area (Å²) in [6.07, 6.45) is 2.50. The molecule has 2 aliphatic rings. The Kier molecular flexibility index (Phi) is 6.21. The van der Waals surface area contributed by atoms with Gasteiger partial charge in [0.25, 0.3) is 5.91 Å². The van der Waals surface area contributed by atoms with E-state index in [1.165, 1.54) is 12.8 Å². The van der Waals surface area contributed by atoms with E-state index in [1.54, 1.807) is 4.90 Å². The number of rotatable bonds is 6. The van der Waals surface area contributed by atoms with Crippen molar-refractivity contribution in [1.29, 1.82) is 0 Å². The number of hydrogen-bond donors (Lipinski definition) is 1. The molecule has 7 nitrogen and oxygen atoms in total. The molecule has 31 heavy (non-hydrogen) atoms. The predicted molar refractivity (Wildman–Crippen MR) is 119 cm³/mol. The molecule has 1 atom stereocenters. The van der Waals surface area contributed by atoms with Crippen LogP contribution < -0.4 is 15.1 Å². The minimum absolute atomic E-state index is 0.0896. The Morgan fingerprint density at radius 1 is 1.00 bits per heavy atom. The fourth-order valence-electron chi connectivity index (χ4n) is 4.02. The number of carbonyl (C=O) groups excluding carboxylic acids is 3. The third-order valence-electron chi connectivity index (χ3n) is 5.77. The first-order chi connectivity index (χ1) is 15.0. The van der Waals surface area contributed by atoms with Crippen LogP contribution in [0.2, 0.25) is 0 Å². The molecule has 0 aliphatic carbocycles. The number of ether oxygens (including phenoxy) is 1. The zero-order valence-electron chi connectivity index (χ0n) is 17.7. The molecule has 2 aromatic rings. The fourth-order valence-corrected chi connectivity index (χ4v) is 4.02. The maximum Gasteiger partial charge on any atom is 0.311 e. The van der Waals surface area contributed by atoms with E-state index in [9.17, 15) is 14.4 Å². The van der Waals surface area contributed by atoms with Gasteiger partial charge in [0.15, 0.2) is 6.61 Å². The lowest BCUT2D eigenvalue weighted by atomic mass is 10.1. The van der Waals surface area contributed by atoms with Crippen molar-refractivity contribution in [3.05, 3.63) is 54.1 Å². The summed E-state index contributed by atoms with van der Waals surface area (Å²) in [5.74, 6) is -1.61. The lowest BCUT2D eigenvalue weighted by Crippen LogP contribution is -2.28. The Hall–Kier alpha value is -3.35. The molecular weight excluding hydrogens is 394 g/mol. The summed E-state index contributed by atoms with van der Waals surface area (Å²) >= 11 is 0. The molecule has 0 spiro atoms. The minimum atomic E-state index is -0.568. The molecule has 162 valence electrons. The van der Waals surface area contributed by atoms with Gasteiger partial charge >= 0.3 is 5.97 Å². The first-order valence-corrected chi connectivity index (χ1v) is 10.7. The lowest BCUT2D eigenvalue weighted by molar-refractivity contribution is -0.151. The smallest absolute Gasteiger partial charge is 0.311 e. The van der Waals surface area contributed by atoms with Gasteiger partial charge in [0.2, 0.25) is 5.91 Å². The van der Waals surface area contributed by atoms with Crippen molar-refractivity contribution in [1.82, 2.24) is 0 Å². The van der Waals surface area contributed by atoms with Crippen molar-refractivity contribution in [2.45, 2.75) is 26.2 Å². The second-order valence-corrected chi connectivity index (χ2v) is 8.14. The largest absolute Gasteiger partial charge is 0.455 e. The van der Waals surface area contributed by atoms with Gasteiger partial charge in [0.1, 0.15) is 0 Å². The maximum atomic E-state index is 12.4. The summed E-state index contributed by atoms with van der Waals surface area (Å²) in [7, 11) is 0. The number of esters is 1. The summed E-state index contributed by atoms with van der Waals surface area (Å²) < 4.78 is 5.18. The summed E-state index contributed by atoms with van der Waals surface area (Å²) in [4.78, 5) is 40.8. The topological polar surface area (TPSA) is 79.0 Å². The van der Waals surface area contributed by atoms with Gasteiger partial charge in [-0.2, -0.15) is 0 Å². The van der Waals surface area contributed by atoms with Gasteiger partial charge in [-0.1, -0.05) is 17.7 Å². The van der Waals surface area contributed by atoms with Crippen LogP contribution in [-0.2, 0) is 19.1 Å². The monoisotopic (exact) mass is 421 g/mol. The van der Waals surface area contributed by atoms with Crippen LogP contribution in [0.15, 0.2) is 48.5 Å². The Balaban J connectivity index is 1.25. The molecular formula is C24H27N3O4. The zero-order chi connectivity index (χ0) is 21.8. The van der Waals surface area contributed by atoms with Crippen LogP contribution in [0, 0.1) is 12.8 Å². The van der Waals surface area contributed by atoms with Crippen molar-refractivity contribution >= 4 is 34.8 Å². The van der Waals surface area contributed by atoms with E-state index < -0.39 is 17.8 Å². The van der Waals surface area contributed by atoms with Crippen LogP contribution in [0.25, 0.3) is 0 Å². The zero-order valence-corrected chi connectivity index (χ0v) is 17.7. The Morgan fingerprint density at radius 3 is 2.32 bits per heavy atom. The molecule has 0 radical (unpaired) electrons. The Morgan fingerprint density at radius 2 is 1.65 bits per heavy atom. The van der Waals surface area contributed by atoms with Crippen molar-refractivity contribution < 1.29 is 19.1 Å². The van der Waals surface area contributed by atoms with Crippen molar-refractivity contribution in [2.75, 3.05) is 41.4 Å². The van der Waals surface area contributed by atoms with Gasteiger partial charge in [0.05, 0.1) is 5.92 Å². The molecule has 4 rings (SSSR count). The van der Waals surface area contributed by atoms with E-state index in [2.05, 4.69) is 10.2 Å². The molecule has 0 aromatic heterocycles. The van der Waals surface area contributed by atoms with E-state index >= 15 is 0 Å². The van der Waals surface area contributed by atoms with Crippen LogP contribution in [0.1, 0.15) is 24.8 Å². The van der Waals surface area contributed by atoms with Gasteiger partial charge in [0, 0.05) is 43.1 Å². The number of hydrogen-bond acceptors (Lipinski definition) is 5. The molecule has 0 bridgehead atoms. The van der Waals surface area contributed by atoms with Gasteiger partial charge in [-0.25, -0.2) is 0 Å². The summed E-state index contributed by atoms with van der Waals surface area (Å²) in [5, 5.41) is 2.74. The number of amides is 2. The van der Waals surface area contributed by atoms with E-state index in [0.29, 0.717) is 5.69 Å². The van der Waals surface area contributed by atoms with E-state index in [0.717, 1.165) is 30.0 Å². The first-order valence-electron chi connectivity index (χ1n) is 10.7. The quantitative estimate of drug-likeness (QED) is 0.725. The number of aryl methyl sites for hydroxylation is 1. The van der Waals surface area contributed by atoms with E-state index in [4.69, 9.17) is 4.74 Å². The average molecular weight is 421 g/mol.